The molecular formula is C13H19NO4S. The topological polar surface area (TPSA) is 86.5 Å². The first-order chi connectivity index (χ1) is 8.70. The van der Waals surface area contributed by atoms with E-state index in [1.165, 1.54) is 13.8 Å². The second-order valence-corrected chi connectivity index (χ2v) is 7.27. The molecule has 19 heavy (non-hydrogen) atoms. The third kappa shape index (κ3) is 3.47. The van der Waals surface area contributed by atoms with Crippen molar-refractivity contribution in [2.45, 2.75) is 31.3 Å². The van der Waals surface area contributed by atoms with Crippen LogP contribution in [0.4, 0.5) is 5.69 Å². The number of benzene rings is 1. The molecule has 0 spiro atoms. The summed E-state index contributed by atoms with van der Waals surface area (Å²) in [7, 11) is -3.66. The van der Waals surface area contributed by atoms with Gasteiger partial charge in [-0.25, -0.2) is 8.42 Å². The van der Waals surface area contributed by atoms with Gasteiger partial charge in [-0.3, -0.25) is 4.79 Å². The number of carbonyl (C=O) groups excluding carboxylic acids is 1. The molecule has 0 unspecified atom stereocenters. The van der Waals surface area contributed by atoms with Crippen LogP contribution in [0, 0.1) is 0 Å². The highest BCUT2D eigenvalue weighted by Gasteiger charge is 2.42. The molecule has 0 fully saturated rings. The minimum Gasteiger partial charge on any atom is -0.465 e. The molecule has 0 radical (unpaired) electrons. The monoisotopic (exact) mass is 285 g/mol. The summed E-state index contributed by atoms with van der Waals surface area (Å²) in [6.07, 6.45) is 0. The average Bonchev–Trinajstić information content (AvgIpc) is 2.32. The first-order valence-corrected chi connectivity index (χ1v) is 7.60. The second kappa shape index (κ2) is 5.61. The van der Waals surface area contributed by atoms with Crippen LogP contribution in [-0.2, 0) is 25.1 Å². The molecule has 2 N–H and O–H groups in total. The highest BCUT2D eigenvalue weighted by molar-refractivity contribution is 7.92. The van der Waals surface area contributed by atoms with Crippen molar-refractivity contribution in [3.63, 3.8) is 0 Å². The standard InChI is InChI=1S/C13H19NO4S/c1-4-18-12(15)13(2,3)19(16,17)9-10-5-7-11(14)8-6-10/h5-8H,4,9,14H2,1-3H3. The summed E-state index contributed by atoms with van der Waals surface area (Å²) in [4.78, 5) is 11.7. The van der Waals surface area contributed by atoms with E-state index >= 15 is 0 Å². The van der Waals surface area contributed by atoms with Gasteiger partial charge in [0, 0.05) is 5.69 Å². The van der Waals surface area contributed by atoms with Crippen LogP contribution in [-0.4, -0.2) is 25.7 Å². The highest BCUT2D eigenvalue weighted by Crippen LogP contribution is 2.23. The molecule has 0 bridgehead atoms. The van der Waals surface area contributed by atoms with E-state index in [0.29, 0.717) is 11.3 Å². The van der Waals surface area contributed by atoms with Gasteiger partial charge in [-0.05, 0) is 38.5 Å². The van der Waals surface area contributed by atoms with Crippen LogP contribution in [0.3, 0.4) is 0 Å². The molecule has 0 saturated heterocycles. The Hall–Kier alpha value is -1.56. The molecule has 1 aromatic rings. The van der Waals surface area contributed by atoms with Crippen LogP contribution < -0.4 is 5.73 Å². The number of esters is 1. The van der Waals surface area contributed by atoms with Crippen molar-refractivity contribution in [2.75, 3.05) is 12.3 Å². The average molecular weight is 285 g/mol. The Balaban J connectivity index is 2.97. The minimum absolute atomic E-state index is 0.152. The zero-order valence-electron chi connectivity index (χ0n) is 11.3. The summed E-state index contributed by atoms with van der Waals surface area (Å²) >= 11 is 0. The number of nitrogens with two attached hydrogens (primary N) is 1. The fourth-order valence-corrected chi connectivity index (χ4v) is 2.75. The summed E-state index contributed by atoms with van der Waals surface area (Å²) in [5.41, 5.74) is 6.69. The van der Waals surface area contributed by atoms with Crippen LogP contribution in [0.25, 0.3) is 0 Å². The molecule has 0 aliphatic carbocycles. The van der Waals surface area contributed by atoms with E-state index in [0.717, 1.165) is 0 Å². The third-order valence-electron chi connectivity index (χ3n) is 2.88. The largest absolute Gasteiger partial charge is 0.465 e. The van der Waals surface area contributed by atoms with E-state index < -0.39 is 20.6 Å². The number of hydrogen-bond acceptors (Lipinski definition) is 5. The Bertz CT molecular complexity index is 547. The molecule has 0 aromatic heterocycles. The lowest BCUT2D eigenvalue weighted by molar-refractivity contribution is -0.145. The van der Waals surface area contributed by atoms with Crippen LogP contribution in [0.15, 0.2) is 24.3 Å². The fraction of sp³-hybridized carbons (Fsp3) is 0.462. The Morgan fingerprint density at radius 1 is 1.26 bits per heavy atom. The van der Waals surface area contributed by atoms with Crippen molar-refractivity contribution in [1.82, 2.24) is 0 Å². The summed E-state index contributed by atoms with van der Waals surface area (Å²) in [6, 6.07) is 6.52. The molecule has 0 aliphatic heterocycles. The number of sulfone groups is 1. The number of rotatable bonds is 5. The number of hydrogen-bond donors (Lipinski definition) is 1. The molecule has 5 nitrogen and oxygen atoms in total. The van der Waals surface area contributed by atoms with Gasteiger partial charge in [-0.15, -0.1) is 0 Å². The molecule has 0 saturated carbocycles. The first kappa shape index (κ1) is 15.5. The van der Waals surface area contributed by atoms with Gasteiger partial charge in [0.2, 0.25) is 0 Å². The van der Waals surface area contributed by atoms with Crippen molar-refractivity contribution in [1.29, 1.82) is 0 Å². The summed E-state index contributed by atoms with van der Waals surface area (Å²) in [5.74, 6) is -0.954. The van der Waals surface area contributed by atoms with Gasteiger partial charge >= 0.3 is 5.97 Å². The van der Waals surface area contributed by atoms with Gasteiger partial charge in [0.1, 0.15) is 0 Å². The lowest BCUT2D eigenvalue weighted by Crippen LogP contribution is -2.42. The summed E-state index contributed by atoms with van der Waals surface area (Å²) < 4.78 is 27.8. The number of nitrogen functional groups attached to an aromatic ring is 1. The van der Waals surface area contributed by atoms with E-state index in [-0.39, 0.29) is 12.4 Å². The molecular weight excluding hydrogens is 266 g/mol. The Morgan fingerprint density at radius 2 is 1.79 bits per heavy atom. The Kier molecular flexibility index (Phi) is 4.57. The number of carbonyl (C=O) groups is 1. The first-order valence-electron chi connectivity index (χ1n) is 5.94. The Morgan fingerprint density at radius 3 is 2.26 bits per heavy atom. The zero-order chi connectivity index (χ0) is 14.7. The normalized spacial score (nSPS) is 12.2. The van der Waals surface area contributed by atoms with Crippen LogP contribution in [0.1, 0.15) is 26.3 Å². The van der Waals surface area contributed by atoms with Gasteiger partial charge in [0.05, 0.1) is 12.4 Å². The molecule has 0 aliphatic rings. The molecule has 0 amide bonds. The summed E-state index contributed by atoms with van der Waals surface area (Å²) in [5, 5.41) is 0. The van der Waals surface area contributed by atoms with E-state index in [2.05, 4.69) is 0 Å². The van der Waals surface area contributed by atoms with Gasteiger partial charge in [-0.2, -0.15) is 0 Å². The molecule has 0 atom stereocenters. The predicted molar refractivity (Wildman–Crippen MR) is 74.2 cm³/mol. The highest BCUT2D eigenvalue weighted by atomic mass is 32.2. The van der Waals surface area contributed by atoms with Crippen molar-refractivity contribution in [2.24, 2.45) is 0 Å². The van der Waals surface area contributed by atoms with E-state index in [1.54, 1.807) is 31.2 Å². The molecule has 1 aromatic carbocycles. The predicted octanol–water partition coefficient (Wildman–Crippen LogP) is 1.53. The minimum atomic E-state index is -3.66. The maximum Gasteiger partial charge on any atom is 0.326 e. The lowest BCUT2D eigenvalue weighted by atomic mass is 10.2. The zero-order valence-corrected chi connectivity index (χ0v) is 12.2. The molecule has 6 heteroatoms. The van der Waals surface area contributed by atoms with Crippen molar-refractivity contribution in [3.8, 4) is 0 Å². The Labute approximate surface area is 113 Å². The van der Waals surface area contributed by atoms with Gasteiger partial charge in [0.15, 0.2) is 14.6 Å². The quantitative estimate of drug-likeness (QED) is 0.655. The van der Waals surface area contributed by atoms with Gasteiger partial charge < -0.3 is 10.5 Å². The lowest BCUT2D eigenvalue weighted by Gasteiger charge is -2.22. The van der Waals surface area contributed by atoms with Crippen molar-refractivity contribution >= 4 is 21.5 Å². The molecule has 0 heterocycles. The summed E-state index contributed by atoms with van der Waals surface area (Å²) in [6.45, 7) is 4.51. The van der Waals surface area contributed by atoms with E-state index in [9.17, 15) is 13.2 Å². The molecule has 1 rings (SSSR count). The maximum atomic E-state index is 12.3. The van der Waals surface area contributed by atoms with Gasteiger partial charge in [0.25, 0.3) is 0 Å². The number of anilines is 1. The third-order valence-corrected chi connectivity index (χ3v) is 5.32. The van der Waals surface area contributed by atoms with E-state index in [4.69, 9.17) is 10.5 Å². The SMILES string of the molecule is CCOC(=O)C(C)(C)S(=O)(=O)Cc1ccc(N)cc1. The van der Waals surface area contributed by atoms with Crippen molar-refractivity contribution in [3.05, 3.63) is 29.8 Å². The number of ether oxygens (including phenoxy) is 1. The van der Waals surface area contributed by atoms with E-state index in [1.807, 2.05) is 0 Å². The second-order valence-electron chi connectivity index (χ2n) is 4.73. The maximum absolute atomic E-state index is 12.3. The van der Waals surface area contributed by atoms with Crippen LogP contribution in [0.2, 0.25) is 0 Å². The smallest absolute Gasteiger partial charge is 0.326 e. The van der Waals surface area contributed by atoms with Crippen LogP contribution >= 0.6 is 0 Å². The molecule has 106 valence electrons. The van der Waals surface area contributed by atoms with Crippen molar-refractivity contribution < 1.29 is 17.9 Å². The fourth-order valence-electron chi connectivity index (χ4n) is 1.45. The van der Waals surface area contributed by atoms with Gasteiger partial charge in [-0.1, -0.05) is 12.1 Å². The van der Waals surface area contributed by atoms with Crippen LogP contribution in [0.5, 0.6) is 0 Å².